The molecular formula is C30H45O6PS. The van der Waals surface area contributed by atoms with E-state index in [1.807, 2.05) is 0 Å². The summed E-state index contributed by atoms with van der Waals surface area (Å²) in [7, 11) is -4.30. The van der Waals surface area contributed by atoms with Crippen LogP contribution in [0.25, 0.3) is 0 Å². The summed E-state index contributed by atoms with van der Waals surface area (Å²) in [6, 6.07) is 11.5. The van der Waals surface area contributed by atoms with Crippen molar-refractivity contribution in [2.24, 2.45) is 0 Å². The van der Waals surface area contributed by atoms with Gasteiger partial charge in [-0.1, -0.05) is 0 Å². The van der Waals surface area contributed by atoms with Gasteiger partial charge < -0.3 is 0 Å². The second-order valence-electron chi connectivity index (χ2n) is 10.3. The van der Waals surface area contributed by atoms with E-state index in [0.717, 1.165) is 76.0 Å². The zero-order chi connectivity index (χ0) is 28.3. The molecule has 0 spiro atoms. The first kappa shape index (κ1) is 32.0. The predicted octanol–water partition coefficient (Wildman–Crippen LogP) is 8.04. The van der Waals surface area contributed by atoms with Gasteiger partial charge in [-0.25, -0.2) is 0 Å². The minimum absolute atomic E-state index is 0.0253. The van der Waals surface area contributed by atoms with Crippen LogP contribution < -0.4 is 0 Å². The molecule has 1 N–H and O–H groups in total. The number of carbonyl (C=O) groups excluding carboxylic acids is 1. The Hall–Kier alpha value is -2.24. The van der Waals surface area contributed by atoms with Crippen LogP contribution >= 0.6 is 6.83 Å². The molecular weight excluding hydrogens is 519 g/mol. The van der Waals surface area contributed by atoms with Gasteiger partial charge in [0.15, 0.2) is 0 Å². The molecule has 0 bridgehead atoms. The maximum absolute atomic E-state index is 14.1. The predicted molar refractivity (Wildman–Crippen MR) is 157 cm³/mol. The van der Waals surface area contributed by atoms with Crippen molar-refractivity contribution in [3.8, 4) is 0 Å². The van der Waals surface area contributed by atoms with E-state index in [1.54, 1.807) is 12.1 Å². The van der Waals surface area contributed by atoms with Gasteiger partial charge in [-0.2, -0.15) is 0 Å². The number of hydrogen-bond donors (Lipinski definition) is 1. The standard InChI is InChI=1S/C30H45O6PS/c1-5-9-21-37(22-10-6-2,23-11-7-3,24-12-8-4)36-30(33)26-18-14-16-20-28(26)38(34,35)27-19-15-13-17-25(27)29(31)32/h13-20H,5-12,21-24H2,1-4H3,(H,31,32). The van der Waals surface area contributed by atoms with Gasteiger partial charge in [-0.3, -0.25) is 0 Å². The zero-order valence-electron chi connectivity index (χ0n) is 23.4. The number of benzene rings is 2. The monoisotopic (exact) mass is 564 g/mol. The van der Waals surface area contributed by atoms with Gasteiger partial charge in [-0.05, 0) is 0 Å². The van der Waals surface area contributed by atoms with Crippen LogP contribution in [0, 0.1) is 0 Å². The van der Waals surface area contributed by atoms with Gasteiger partial charge in [0, 0.05) is 0 Å². The summed E-state index contributed by atoms with van der Waals surface area (Å²) in [6.07, 6.45) is 11.3. The van der Waals surface area contributed by atoms with E-state index in [4.69, 9.17) is 4.52 Å². The molecule has 2 rings (SSSR count). The molecule has 0 saturated heterocycles. The second-order valence-corrected chi connectivity index (χ2v) is 17.9. The Morgan fingerprint density at radius 2 is 1.05 bits per heavy atom. The van der Waals surface area contributed by atoms with E-state index in [0.29, 0.717) is 0 Å². The van der Waals surface area contributed by atoms with Gasteiger partial charge in [0.1, 0.15) is 0 Å². The van der Waals surface area contributed by atoms with Crippen molar-refractivity contribution in [3.05, 3.63) is 59.7 Å². The summed E-state index contributed by atoms with van der Waals surface area (Å²) < 4.78 is 34.3. The molecule has 0 amide bonds. The fourth-order valence-corrected chi connectivity index (χ4v) is 13.6. The molecule has 2 aromatic rings. The van der Waals surface area contributed by atoms with Crippen LogP contribution in [-0.4, -0.2) is 50.1 Å². The summed E-state index contributed by atoms with van der Waals surface area (Å²) in [5.41, 5.74) is -0.352. The molecule has 0 unspecified atom stereocenters. The van der Waals surface area contributed by atoms with Crippen molar-refractivity contribution < 1.29 is 27.6 Å². The summed E-state index contributed by atoms with van der Waals surface area (Å²) in [5.74, 6) is -1.94. The first-order valence-electron chi connectivity index (χ1n) is 14.0. The Balaban J connectivity index is 2.69. The van der Waals surface area contributed by atoms with Crippen LogP contribution in [0.3, 0.4) is 0 Å². The number of aromatic carboxylic acids is 1. The van der Waals surface area contributed by atoms with E-state index in [2.05, 4.69) is 27.7 Å². The fourth-order valence-electron chi connectivity index (χ4n) is 5.24. The number of hydrogen-bond acceptors (Lipinski definition) is 5. The van der Waals surface area contributed by atoms with Crippen LogP contribution in [0.1, 0.15) is 99.8 Å². The summed E-state index contributed by atoms with van der Waals surface area (Å²) >= 11 is 0. The molecule has 38 heavy (non-hydrogen) atoms. The Morgan fingerprint density at radius 3 is 1.45 bits per heavy atom. The summed E-state index contributed by atoms with van der Waals surface area (Å²) in [5, 5.41) is 9.62. The van der Waals surface area contributed by atoms with Gasteiger partial charge in [0.05, 0.1) is 0 Å². The van der Waals surface area contributed by atoms with Crippen LogP contribution in [-0.2, 0) is 14.4 Å². The minimum atomic E-state index is -4.30. The average molecular weight is 565 g/mol. The second kappa shape index (κ2) is 14.2. The summed E-state index contributed by atoms with van der Waals surface area (Å²) in [6.45, 7) is 5.58. The average Bonchev–Trinajstić information content (AvgIpc) is 2.93. The van der Waals surface area contributed by atoms with Crippen molar-refractivity contribution in [2.45, 2.75) is 88.9 Å². The van der Waals surface area contributed by atoms with Crippen molar-refractivity contribution >= 4 is 28.6 Å². The quantitative estimate of drug-likeness (QED) is 0.195. The van der Waals surface area contributed by atoms with E-state index in [1.165, 1.54) is 36.4 Å². The molecule has 6 nitrogen and oxygen atoms in total. The number of carboxylic acid groups (broad SMARTS) is 1. The maximum atomic E-state index is 14.1. The normalized spacial score (nSPS) is 13.0. The van der Waals surface area contributed by atoms with Crippen molar-refractivity contribution in [2.75, 3.05) is 24.6 Å². The van der Waals surface area contributed by atoms with Crippen LogP contribution in [0.5, 0.6) is 0 Å². The SMILES string of the molecule is CCCCP(CCCC)(CCCC)(CCCC)OC(=O)c1ccccc1S(=O)(=O)c1ccccc1C(=O)O. The van der Waals surface area contributed by atoms with Gasteiger partial charge in [-0.15, -0.1) is 0 Å². The number of rotatable bonds is 17. The Morgan fingerprint density at radius 1 is 0.684 bits per heavy atom. The molecule has 0 aliphatic heterocycles. The van der Waals surface area contributed by atoms with Crippen LogP contribution in [0.15, 0.2) is 58.3 Å². The molecule has 2 aromatic carbocycles. The number of carbonyl (C=O) groups is 2. The van der Waals surface area contributed by atoms with E-state index in [-0.39, 0.29) is 20.9 Å². The molecule has 212 valence electrons. The molecule has 8 heteroatoms. The topological polar surface area (TPSA) is 97.7 Å². The van der Waals surface area contributed by atoms with E-state index < -0.39 is 28.6 Å². The van der Waals surface area contributed by atoms with Gasteiger partial charge in [0.2, 0.25) is 0 Å². The van der Waals surface area contributed by atoms with Crippen molar-refractivity contribution in [1.82, 2.24) is 0 Å². The zero-order valence-corrected chi connectivity index (χ0v) is 25.2. The van der Waals surface area contributed by atoms with E-state index in [9.17, 15) is 23.1 Å². The Kier molecular flexibility index (Phi) is 12.0. The molecule has 0 radical (unpaired) electrons. The van der Waals surface area contributed by atoms with Crippen LogP contribution in [0.4, 0.5) is 0 Å². The first-order valence-corrected chi connectivity index (χ1v) is 18.4. The van der Waals surface area contributed by atoms with Crippen molar-refractivity contribution in [3.63, 3.8) is 0 Å². The third-order valence-corrected chi connectivity index (χ3v) is 15.8. The molecule has 0 heterocycles. The third-order valence-electron chi connectivity index (χ3n) is 7.45. The van der Waals surface area contributed by atoms with Gasteiger partial charge >= 0.3 is 229 Å². The Labute approximate surface area is 229 Å². The molecule has 0 aromatic heterocycles. The number of unbranched alkanes of at least 4 members (excludes halogenated alkanes) is 4. The summed E-state index contributed by atoms with van der Waals surface area (Å²) in [4.78, 5) is 25.3. The third kappa shape index (κ3) is 7.45. The Bertz CT molecular complexity index is 1150. The van der Waals surface area contributed by atoms with E-state index >= 15 is 0 Å². The number of carboxylic acids is 1. The van der Waals surface area contributed by atoms with Gasteiger partial charge in [0.25, 0.3) is 0 Å². The molecule has 0 aliphatic rings. The fraction of sp³-hybridized carbons (Fsp3) is 0.533. The molecule has 0 aliphatic carbocycles. The number of sulfone groups is 1. The molecule has 0 atom stereocenters. The first-order chi connectivity index (χ1) is 18.1. The molecule has 0 fully saturated rings. The van der Waals surface area contributed by atoms with Crippen LogP contribution in [0.2, 0.25) is 0 Å². The van der Waals surface area contributed by atoms with Crippen molar-refractivity contribution in [1.29, 1.82) is 0 Å². The molecule has 0 saturated carbocycles.